The van der Waals surface area contributed by atoms with E-state index in [-0.39, 0.29) is 6.71 Å². The van der Waals surface area contributed by atoms with E-state index in [1.807, 2.05) is 66.7 Å². The number of halogens is 6. The highest BCUT2D eigenvalue weighted by Crippen LogP contribution is 2.56. The third-order valence-corrected chi connectivity index (χ3v) is 15.4. The molecule has 0 N–H and O–H groups in total. The number of benzene rings is 10. The first kappa shape index (κ1) is 45.3. The summed E-state index contributed by atoms with van der Waals surface area (Å²) in [6.07, 6.45) is -9.03. The van der Waals surface area contributed by atoms with Crippen molar-refractivity contribution in [1.82, 2.24) is 0 Å². The zero-order chi connectivity index (χ0) is 50.7. The predicted octanol–water partition coefficient (Wildman–Crippen LogP) is 16.5. The average molecular weight is 977 g/mol. The van der Waals surface area contributed by atoms with Crippen molar-refractivity contribution in [2.24, 2.45) is 0 Å². The molecular weight excluding hydrogens is 934 g/mol. The zero-order valence-electron chi connectivity index (χ0n) is 40.1. The van der Waals surface area contributed by atoms with Gasteiger partial charge in [0.15, 0.2) is 0 Å². The van der Waals surface area contributed by atoms with E-state index in [0.717, 1.165) is 130 Å². The summed E-state index contributed by atoms with van der Waals surface area (Å²) < 4.78 is 85.2. The van der Waals surface area contributed by atoms with Gasteiger partial charge in [-0.25, -0.2) is 0 Å². The number of alkyl halides is 6. The SMILES string of the molecule is Cc1cc2c3c(c1)N(c1c(-c4ccccc4)cccc1-c1ccc(C(F)(F)F)cc1)c1cccc4c1B3c1c(cccc1C4(C)c1ccccc1)N2c1c(-c2ccccc2)cccc1-c1ccc(C(F)(F)F)cc1. The van der Waals surface area contributed by atoms with Crippen LogP contribution in [-0.2, 0) is 17.8 Å². The molecule has 0 aromatic heterocycles. The fourth-order valence-corrected chi connectivity index (χ4v) is 12.2. The maximum absolute atomic E-state index is 14.2. The molecule has 0 fully saturated rings. The molecule has 358 valence electrons. The molecule has 3 heterocycles. The lowest BCUT2D eigenvalue weighted by molar-refractivity contribution is -0.138. The molecule has 0 spiro atoms. The van der Waals surface area contributed by atoms with Gasteiger partial charge in [-0.1, -0.05) is 176 Å². The van der Waals surface area contributed by atoms with Crippen LogP contribution in [0.15, 0.2) is 224 Å². The Kier molecular flexibility index (Phi) is 10.3. The Bertz CT molecular complexity index is 3610. The Morgan fingerprint density at radius 2 is 0.716 bits per heavy atom. The van der Waals surface area contributed by atoms with Crippen molar-refractivity contribution in [3.8, 4) is 44.5 Å². The molecule has 0 unspecified atom stereocenters. The highest BCUT2D eigenvalue weighted by molar-refractivity contribution is 7.01. The second-order valence-corrected chi connectivity index (χ2v) is 19.6. The van der Waals surface area contributed by atoms with Gasteiger partial charge in [0.1, 0.15) is 0 Å². The van der Waals surface area contributed by atoms with E-state index < -0.39 is 28.9 Å². The number of nitrogens with zero attached hydrogens (tertiary/aromatic N) is 2. The molecule has 10 aromatic carbocycles. The highest BCUT2D eigenvalue weighted by atomic mass is 19.4. The number of rotatable bonds is 7. The molecule has 3 aliphatic heterocycles. The minimum Gasteiger partial charge on any atom is -0.310 e. The first-order chi connectivity index (χ1) is 35.8. The van der Waals surface area contributed by atoms with Crippen molar-refractivity contribution in [3.63, 3.8) is 0 Å². The predicted molar refractivity (Wildman–Crippen MR) is 289 cm³/mol. The Labute approximate surface area is 425 Å². The van der Waals surface area contributed by atoms with Crippen molar-refractivity contribution in [3.05, 3.63) is 258 Å². The van der Waals surface area contributed by atoms with E-state index in [0.29, 0.717) is 11.1 Å². The number of hydrogen-bond acceptors (Lipinski definition) is 2. The van der Waals surface area contributed by atoms with Crippen LogP contribution in [0.2, 0.25) is 0 Å². The van der Waals surface area contributed by atoms with Gasteiger partial charge in [-0.2, -0.15) is 26.3 Å². The van der Waals surface area contributed by atoms with Crippen LogP contribution < -0.4 is 26.2 Å². The lowest BCUT2D eigenvalue weighted by Gasteiger charge is -2.52. The summed E-state index contributed by atoms with van der Waals surface area (Å²) in [7, 11) is 0. The Balaban J connectivity index is 1.18. The molecule has 13 rings (SSSR count). The van der Waals surface area contributed by atoms with Gasteiger partial charge < -0.3 is 9.80 Å². The van der Waals surface area contributed by atoms with Gasteiger partial charge in [-0.05, 0) is 123 Å². The second kappa shape index (κ2) is 16.8. The molecule has 0 saturated heterocycles. The van der Waals surface area contributed by atoms with E-state index >= 15 is 0 Å². The highest BCUT2D eigenvalue weighted by Gasteiger charge is 2.53. The molecular formula is C65H43BF6N2. The van der Waals surface area contributed by atoms with Crippen molar-refractivity contribution >= 4 is 57.2 Å². The number of anilines is 6. The van der Waals surface area contributed by atoms with E-state index in [1.165, 1.54) is 0 Å². The van der Waals surface area contributed by atoms with Crippen molar-refractivity contribution in [2.75, 3.05) is 9.80 Å². The average Bonchev–Trinajstić information content (AvgIpc) is 3.42. The lowest BCUT2D eigenvalue weighted by Crippen LogP contribution is -2.67. The van der Waals surface area contributed by atoms with E-state index in [9.17, 15) is 26.3 Å². The van der Waals surface area contributed by atoms with Gasteiger partial charge in [0.05, 0.1) is 22.5 Å². The minimum absolute atomic E-state index is 0.279. The molecule has 0 radical (unpaired) electrons. The molecule has 0 aliphatic carbocycles. The fraction of sp³-hybridized carbons (Fsp3) is 0.0769. The van der Waals surface area contributed by atoms with Crippen LogP contribution in [0.4, 0.5) is 60.5 Å². The van der Waals surface area contributed by atoms with Crippen LogP contribution in [0.3, 0.4) is 0 Å². The standard InChI is InChI=1S/C65H43BF6N2/c1-40-38-56-60-57(39-40)74(62-49(42-18-8-4-9-19-42)23-13-25-51(62)44-32-36-47(37-33-44)65(70,71)72)55-29-15-27-53-59(55)66(60)58-52(63(53,2)45-20-10-5-11-21-45)26-14-28-54(58)73(56)61-48(41-16-6-3-7-17-41)22-12-24-50(61)43-30-34-46(35-31-43)64(67,68)69/h3-39H,1-2H3. The van der Waals surface area contributed by atoms with Crippen LogP contribution in [0, 0.1) is 6.92 Å². The summed E-state index contributed by atoms with van der Waals surface area (Å²) >= 11 is 0. The first-order valence-electron chi connectivity index (χ1n) is 24.6. The number of aryl methyl sites for hydroxylation is 1. The summed E-state index contributed by atoms with van der Waals surface area (Å²) in [5.41, 5.74) is 17.2. The minimum atomic E-state index is -4.52. The van der Waals surface area contributed by atoms with Crippen LogP contribution in [-0.4, -0.2) is 6.71 Å². The maximum Gasteiger partial charge on any atom is 0.416 e. The molecule has 9 heteroatoms. The van der Waals surface area contributed by atoms with E-state index in [4.69, 9.17) is 0 Å². The topological polar surface area (TPSA) is 6.48 Å². The normalized spacial score (nSPS) is 14.0. The summed E-state index contributed by atoms with van der Waals surface area (Å²) in [4.78, 5) is 4.69. The summed E-state index contributed by atoms with van der Waals surface area (Å²) in [6, 6.07) is 71.3. The van der Waals surface area contributed by atoms with Crippen molar-refractivity contribution in [2.45, 2.75) is 31.6 Å². The van der Waals surface area contributed by atoms with Crippen LogP contribution in [0.5, 0.6) is 0 Å². The Morgan fingerprint density at radius 3 is 1.09 bits per heavy atom. The van der Waals surface area contributed by atoms with Gasteiger partial charge in [-0.15, -0.1) is 0 Å². The van der Waals surface area contributed by atoms with E-state index in [2.05, 4.69) is 133 Å². The Morgan fingerprint density at radius 1 is 0.365 bits per heavy atom. The third-order valence-electron chi connectivity index (χ3n) is 15.4. The summed E-state index contributed by atoms with van der Waals surface area (Å²) in [5, 5.41) is 0. The molecule has 0 amide bonds. The molecule has 74 heavy (non-hydrogen) atoms. The second-order valence-electron chi connectivity index (χ2n) is 19.6. The fourth-order valence-electron chi connectivity index (χ4n) is 12.2. The molecule has 0 saturated carbocycles. The largest absolute Gasteiger partial charge is 0.416 e. The lowest BCUT2D eigenvalue weighted by atomic mass is 9.28. The Hall–Kier alpha value is -8.56. The van der Waals surface area contributed by atoms with Gasteiger partial charge in [0, 0.05) is 50.4 Å². The zero-order valence-corrected chi connectivity index (χ0v) is 40.1. The van der Waals surface area contributed by atoms with E-state index in [1.54, 1.807) is 24.3 Å². The van der Waals surface area contributed by atoms with Crippen LogP contribution in [0.25, 0.3) is 44.5 Å². The maximum atomic E-state index is 14.2. The summed E-state index contributed by atoms with van der Waals surface area (Å²) in [5.74, 6) is 0. The molecule has 0 atom stereocenters. The van der Waals surface area contributed by atoms with Crippen LogP contribution in [0.1, 0.15) is 40.3 Å². The van der Waals surface area contributed by atoms with Crippen molar-refractivity contribution in [1.29, 1.82) is 0 Å². The van der Waals surface area contributed by atoms with Gasteiger partial charge in [0.25, 0.3) is 6.71 Å². The first-order valence-corrected chi connectivity index (χ1v) is 24.6. The molecule has 2 nitrogen and oxygen atoms in total. The number of para-hydroxylation sites is 2. The smallest absolute Gasteiger partial charge is 0.310 e. The van der Waals surface area contributed by atoms with Gasteiger partial charge >= 0.3 is 12.4 Å². The van der Waals surface area contributed by atoms with Gasteiger partial charge in [0.2, 0.25) is 0 Å². The quantitative estimate of drug-likeness (QED) is 0.116. The van der Waals surface area contributed by atoms with Gasteiger partial charge in [-0.3, -0.25) is 0 Å². The number of hydrogen-bond donors (Lipinski definition) is 0. The third kappa shape index (κ3) is 6.89. The monoisotopic (exact) mass is 976 g/mol. The molecule has 0 bridgehead atoms. The van der Waals surface area contributed by atoms with Crippen molar-refractivity contribution < 1.29 is 26.3 Å². The van der Waals surface area contributed by atoms with Crippen LogP contribution >= 0.6 is 0 Å². The molecule has 3 aliphatic rings. The summed E-state index contributed by atoms with van der Waals surface area (Å²) in [6.45, 7) is 4.10. The molecule has 10 aromatic rings.